The van der Waals surface area contributed by atoms with Crippen LogP contribution in [0.2, 0.25) is 0 Å². The summed E-state index contributed by atoms with van der Waals surface area (Å²) in [5.74, 6) is 1.74. The van der Waals surface area contributed by atoms with Crippen molar-refractivity contribution in [3.8, 4) is 0 Å². The molecule has 1 rings (SSSR count). The van der Waals surface area contributed by atoms with Gasteiger partial charge in [-0.15, -0.1) is 0 Å². The molecule has 1 aliphatic rings. The SMILES string of the molecule is C[C@H]1CCC[C@@H](CCO)C1. The summed E-state index contributed by atoms with van der Waals surface area (Å²) in [4.78, 5) is 0. The predicted octanol–water partition coefficient (Wildman–Crippen LogP) is 2.20. The third kappa shape index (κ3) is 2.30. The van der Waals surface area contributed by atoms with Crippen LogP contribution in [-0.2, 0) is 0 Å². The van der Waals surface area contributed by atoms with Crippen molar-refractivity contribution in [2.24, 2.45) is 11.8 Å². The Bertz CT molecular complexity index is 88.7. The second kappa shape index (κ2) is 3.97. The number of aliphatic hydroxyl groups excluding tert-OH is 1. The first-order chi connectivity index (χ1) is 4.83. The lowest BCUT2D eigenvalue weighted by Crippen LogP contribution is -2.14. The fourth-order valence-electron chi connectivity index (χ4n) is 2.00. The van der Waals surface area contributed by atoms with E-state index < -0.39 is 0 Å². The average Bonchev–Trinajstić information content (AvgIpc) is 1.88. The number of hydrogen-bond acceptors (Lipinski definition) is 1. The Morgan fingerprint density at radius 2 is 2.20 bits per heavy atom. The topological polar surface area (TPSA) is 20.2 Å². The van der Waals surface area contributed by atoms with E-state index in [0.29, 0.717) is 6.61 Å². The molecule has 0 saturated heterocycles. The maximum atomic E-state index is 8.70. The third-order valence-corrected chi connectivity index (χ3v) is 2.58. The molecule has 1 fully saturated rings. The van der Waals surface area contributed by atoms with Crippen molar-refractivity contribution in [2.45, 2.75) is 39.0 Å². The van der Waals surface area contributed by atoms with E-state index in [2.05, 4.69) is 6.92 Å². The smallest absolute Gasteiger partial charge is 0.0433 e. The Morgan fingerprint density at radius 3 is 2.80 bits per heavy atom. The Hall–Kier alpha value is -0.0400. The van der Waals surface area contributed by atoms with E-state index in [1.807, 2.05) is 0 Å². The largest absolute Gasteiger partial charge is 0.396 e. The van der Waals surface area contributed by atoms with Crippen molar-refractivity contribution >= 4 is 0 Å². The van der Waals surface area contributed by atoms with Crippen LogP contribution in [0, 0.1) is 11.8 Å². The maximum Gasteiger partial charge on any atom is 0.0433 e. The maximum absolute atomic E-state index is 8.70. The first-order valence-electron chi connectivity index (χ1n) is 4.43. The van der Waals surface area contributed by atoms with Crippen LogP contribution in [0.5, 0.6) is 0 Å². The van der Waals surface area contributed by atoms with Crippen LogP contribution >= 0.6 is 0 Å². The van der Waals surface area contributed by atoms with E-state index in [-0.39, 0.29) is 0 Å². The predicted molar refractivity (Wildman–Crippen MR) is 42.8 cm³/mol. The molecule has 0 aliphatic heterocycles. The Kier molecular flexibility index (Phi) is 3.20. The summed E-state index contributed by atoms with van der Waals surface area (Å²) in [5.41, 5.74) is 0. The second-order valence-electron chi connectivity index (χ2n) is 3.65. The van der Waals surface area contributed by atoms with E-state index >= 15 is 0 Å². The molecule has 0 aromatic heterocycles. The van der Waals surface area contributed by atoms with Crippen LogP contribution in [0.4, 0.5) is 0 Å². The highest BCUT2D eigenvalue weighted by molar-refractivity contribution is 4.69. The van der Waals surface area contributed by atoms with Crippen LogP contribution in [0.25, 0.3) is 0 Å². The van der Waals surface area contributed by atoms with E-state index in [1.54, 1.807) is 0 Å². The summed E-state index contributed by atoms with van der Waals surface area (Å²) >= 11 is 0. The van der Waals surface area contributed by atoms with Gasteiger partial charge < -0.3 is 5.11 Å². The molecule has 1 N–H and O–H groups in total. The second-order valence-corrected chi connectivity index (χ2v) is 3.65. The van der Waals surface area contributed by atoms with Crippen molar-refractivity contribution in [3.05, 3.63) is 0 Å². The van der Waals surface area contributed by atoms with Gasteiger partial charge in [-0.3, -0.25) is 0 Å². The number of hydrogen-bond donors (Lipinski definition) is 1. The van der Waals surface area contributed by atoms with Crippen LogP contribution in [-0.4, -0.2) is 11.7 Å². The lowest BCUT2D eigenvalue weighted by Gasteiger charge is -2.25. The van der Waals surface area contributed by atoms with E-state index in [1.165, 1.54) is 25.7 Å². The highest BCUT2D eigenvalue weighted by Crippen LogP contribution is 2.30. The van der Waals surface area contributed by atoms with Gasteiger partial charge in [0.1, 0.15) is 0 Å². The molecule has 0 bridgehead atoms. The molecule has 1 aliphatic carbocycles. The van der Waals surface area contributed by atoms with E-state index in [4.69, 9.17) is 5.11 Å². The van der Waals surface area contributed by atoms with Crippen LogP contribution in [0.3, 0.4) is 0 Å². The minimum absolute atomic E-state index is 0.386. The standard InChI is InChI=1S/C9H18O/c1-8-3-2-4-9(7-8)5-6-10/h8-10H,2-7H2,1H3/t8-,9-/m0/s1. The van der Waals surface area contributed by atoms with Crippen LogP contribution in [0.1, 0.15) is 39.0 Å². The summed E-state index contributed by atoms with van der Waals surface area (Å²) in [5, 5.41) is 8.70. The Morgan fingerprint density at radius 1 is 1.40 bits per heavy atom. The lowest BCUT2D eigenvalue weighted by atomic mass is 9.81. The molecule has 0 unspecified atom stereocenters. The van der Waals surface area contributed by atoms with Gasteiger partial charge in [0.25, 0.3) is 0 Å². The molecular formula is C9H18O. The van der Waals surface area contributed by atoms with Gasteiger partial charge >= 0.3 is 0 Å². The summed E-state index contributed by atoms with van der Waals surface area (Å²) in [6, 6.07) is 0. The molecule has 60 valence electrons. The molecule has 10 heavy (non-hydrogen) atoms. The molecule has 0 radical (unpaired) electrons. The molecule has 0 aromatic carbocycles. The highest BCUT2D eigenvalue weighted by atomic mass is 16.3. The normalized spacial score (nSPS) is 34.2. The summed E-state index contributed by atoms with van der Waals surface area (Å²) in [6.45, 7) is 2.71. The molecule has 0 amide bonds. The Labute approximate surface area is 63.4 Å². The summed E-state index contributed by atoms with van der Waals surface area (Å²) < 4.78 is 0. The van der Waals surface area contributed by atoms with Crippen LogP contribution < -0.4 is 0 Å². The third-order valence-electron chi connectivity index (χ3n) is 2.58. The van der Waals surface area contributed by atoms with Gasteiger partial charge in [0.2, 0.25) is 0 Å². The minimum Gasteiger partial charge on any atom is -0.396 e. The van der Waals surface area contributed by atoms with Gasteiger partial charge in [-0.25, -0.2) is 0 Å². The molecular weight excluding hydrogens is 124 g/mol. The van der Waals surface area contributed by atoms with Gasteiger partial charge in [-0.05, 0) is 24.7 Å². The van der Waals surface area contributed by atoms with Gasteiger partial charge in [-0.1, -0.05) is 26.2 Å². The van der Waals surface area contributed by atoms with Crippen LogP contribution in [0.15, 0.2) is 0 Å². The van der Waals surface area contributed by atoms with Gasteiger partial charge in [0.05, 0.1) is 0 Å². The van der Waals surface area contributed by atoms with Crippen molar-refractivity contribution in [3.63, 3.8) is 0 Å². The number of aliphatic hydroxyl groups is 1. The quantitative estimate of drug-likeness (QED) is 0.626. The molecule has 1 saturated carbocycles. The zero-order valence-electron chi connectivity index (χ0n) is 6.84. The summed E-state index contributed by atoms with van der Waals surface area (Å²) in [6.07, 6.45) is 6.52. The average molecular weight is 142 g/mol. The van der Waals surface area contributed by atoms with E-state index in [0.717, 1.165) is 18.3 Å². The van der Waals surface area contributed by atoms with Gasteiger partial charge in [0, 0.05) is 6.61 Å². The fourth-order valence-corrected chi connectivity index (χ4v) is 2.00. The molecule has 0 aromatic rings. The summed E-state index contributed by atoms with van der Waals surface area (Å²) in [7, 11) is 0. The zero-order valence-corrected chi connectivity index (χ0v) is 6.84. The van der Waals surface area contributed by atoms with Crippen molar-refractivity contribution in [1.82, 2.24) is 0 Å². The molecule has 0 spiro atoms. The lowest BCUT2D eigenvalue weighted by molar-refractivity contribution is 0.206. The zero-order chi connectivity index (χ0) is 7.40. The monoisotopic (exact) mass is 142 g/mol. The number of rotatable bonds is 2. The first-order valence-corrected chi connectivity index (χ1v) is 4.43. The molecule has 0 heterocycles. The van der Waals surface area contributed by atoms with Crippen molar-refractivity contribution < 1.29 is 5.11 Å². The minimum atomic E-state index is 0.386. The molecule has 1 heteroatoms. The van der Waals surface area contributed by atoms with E-state index in [9.17, 15) is 0 Å². The fraction of sp³-hybridized carbons (Fsp3) is 1.00. The van der Waals surface area contributed by atoms with Gasteiger partial charge in [0.15, 0.2) is 0 Å². The van der Waals surface area contributed by atoms with Crippen molar-refractivity contribution in [1.29, 1.82) is 0 Å². The first kappa shape index (κ1) is 8.06. The highest BCUT2D eigenvalue weighted by Gasteiger charge is 2.17. The Balaban J connectivity index is 2.18. The van der Waals surface area contributed by atoms with Crippen molar-refractivity contribution in [2.75, 3.05) is 6.61 Å². The molecule has 1 nitrogen and oxygen atoms in total. The van der Waals surface area contributed by atoms with Gasteiger partial charge in [-0.2, -0.15) is 0 Å². The molecule has 2 atom stereocenters.